The van der Waals surface area contributed by atoms with Crippen molar-refractivity contribution in [1.82, 2.24) is 4.90 Å². The van der Waals surface area contributed by atoms with E-state index in [0.717, 1.165) is 36.6 Å². The average Bonchev–Trinajstić information content (AvgIpc) is 2.78. The molecule has 1 N–H and O–H groups in total. The third-order valence-electron chi connectivity index (χ3n) is 3.81. The van der Waals surface area contributed by atoms with Crippen LogP contribution in [0.2, 0.25) is 0 Å². The van der Waals surface area contributed by atoms with E-state index in [4.69, 9.17) is 5.11 Å². The van der Waals surface area contributed by atoms with E-state index in [1.807, 2.05) is 29.2 Å². The van der Waals surface area contributed by atoms with Crippen molar-refractivity contribution in [3.05, 3.63) is 41.5 Å². The molecule has 0 aromatic heterocycles. The topological polar surface area (TPSA) is 57.6 Å². The first-order valence-electron chi connectivity index (χ1n) is 7.36. The zero-order valence-corrected chi connectivity index (χ0v) is 12.3. The van der Waals surface area contributed by atoms with E-state index < -0.39 is 5.97 Å². The summed E-state index contributed by atoms with van der Waals surface area (Å²) in [6, 6.07) is 7.61. The molecule has 1 saturated heterocycles. The molecular formula is C17H21NO3. The molecule has 1 aromatic carbocycles. The minimum Gasteiger partial charge on any atom is -0.478 e. The predicted octanol–water partition coefficient (Wildman–Crippen LogP) is 2.93. The molecule has 0 spiro atoms. The van der Waals surface area contributed by atoms with E-state index in [0.29, 0.717) is 18.9 Å². The summed E-state index contributed by atoms with van der Waals surface area (Å²) < 4.78 is 0. The lowest BCUT2D eigenvalue weighted by Gasteiger charge is -2.18. The van der Waals surface area contributed by atoms with Crippen molar-refractivity contribution >= 4 is 18.0 Å². The normalized spacial score (nSPS) is 18.6. The highest BCUT2D eigenvalue weighted by Gasteiger charge is 2.28. The average molecular weight is 287 g/mol. The number of rotatable bonds is 6. The number of aliphatic carboxylic acids is 1. The first-order chi connectivity index (χ1) is 10.1. The van der Waals surface area contributed by atoms with Gasteiger partial charge in [-0.1, -0.05) is 37.6 Å². The van der Waals surface area contributed by atoms with Gasteiger partial charge in [0.2, 0.25) is 5.91 Å². The highest BCUT2D eigenvalue weighted by molar-refractivity contribution is 5.85. The summed E-state index contributed by atoms with van der Waals surface area (Å²) in [6.07, 6.45) is 5.54. The van der Waals surface area contributed by atoms with Gasteiger partial charge in [-0.25, -0.2) is 4.79 Å². The Morgan fingerprint density at radius 1 is 1.43 bits per heavy atom. The molecule has 0 bridgehead atoms. The molecule has 0 saturated carbocycles. The van der Waals surface area contributed by atoms with Crippen molar-refractivity contribution in [3.8, 4) is 0 Å². The Bertz CT molecular complexity index is 551. The second-order valence-electron chi connectivity index (χ2n) is 5.50. The van der Waals surface area contributed by atoms with Gasteiger partial charge in [-0.3, -0.25) is 4.79 Å². The summed E-state index contributed by atoms with van der Waals surface area (Å²) in [5.74, 6) is -0.306. The zero-order chi connectivity index (χ0) is 15.2. The van der Waals surface area contributed by atoms with Crippen LogP contribution in [0.3, 0.4) is 0 Å². The number of carbonyl (C=O) groups excluding carboxylic acids is 1. The standard InChI is InChI=1S/C17H21NO3/c1-2-5-13-10-16(19)18(11-13)12-15-7-4-3-6-14(15)8-9-17(20)21/h3-4,6-9,13H,2,5,10-12H2,1H3,(H,20,21)/b9-8+. The summed E-state index contributed by atoms with van der Waals surface area (Å²) >= 11 is 0. The Labute approximate surface area is 125 Å². The van der Waals surface area contributed by atoms with Gasteiger partial charge < -0.3 is 10.0 Å². The van der Waals surface area contributed by atoms with Gasteiger partial charge in [0.25, 0.3) is 0 Å². The molecule has 1 amide bonds. The molecular weight excluding hydrogens is 266 g/mol. The lowest BCUT2D eigenvalue weighted by Crippen LogP contribution is -2.25. The molecule has 21 heavy (non-hydrogen) atoms. The maximum absolute atomic E-state index is 12.1. The smallest absolute Gasteiger partial charge is 0.328 e. The number of benzene rings is 1. The fourth-order valence-electron chi connectivity index (χ4n) is 2.82. The summed E-state index contributed by atoms with van der Waals surface area (Å²) in [6.45, 7) is 3.50. The van der Waals surface area contributed by atoms with Gasteiger partial charge in [0.15, 0.2) is 0 Å². The van der Waals surface area contributed by atoms with E-state index in [-0.39, 0.29) is 5.91 Å². The number of nitrogens with zero attached hydrogens (tertiary/aromatic N) is 1. The SMILES string of the molecule is CCCC1CC(=O)N(Cc2ccccc2/C=C/C(=O)O)C1. The highest BCUT2D eigenvalue weighted by atomic mass is 16.4. The van der Waals surface area contributed by atoms with Crippen molar-refractivity contribution in [2.45, 2.75) is 32.7 Å². The van der Waals surface area contributed by atoms with Crippen LogP contribution in [0.5, 0.6) is 0 Å². The van der Waals surface area contributed by atoms with Gasteiger partial charge in [0.05, 0.1) is 0 Å². The van der Waals surface area contributed by atoms with Crippen LogP contribution >= 0.6 is 0 Å². The van der Waals surface area contributed by atoms with Crippen LogP contribution < -0.4 is 0 Å². The molecule has 0 aliphatic carbocycles. The quantitative estimate of drug-likeness (QED) is 0.818. The van der Waals surface area contributed by atoms with Crippen molar-refractivity contribution in [2.24, 2.45) is 5.92 Å². The van der Waals surface area contributed by atoms with Crippen molar-refractivity contribution in [2.75, 3.05) is 6.54 Å². The number of carbonyl (C=O) groups is 2. The molecule has 1 aliphatic heterocycles. The van der Waals surface area contributed by atoms with Crippen LogP contribution in [0.4, 0.5) is 0 Å². The Morgan fingerprint density at radius 3 is 2.90 bits per heavy atom. The summed E-state index contributed by atoms with van der Waals surface area (Å²) in [5, 5.41) is 8.73. The van der Waals surface area contributed by atoms with Gasteiger partial charge in [-0.2, -0.15) is 0 Å². The second kappa shape index (κ2) is 7.07. The Kier molecular flexibility index (Phi) is 5.14. The number of likely N-dealkylation sites (tertiary alicyclic amines) is 1. The van der Waals surface area contributed by atoms with Crippen LogP contribution in [0.1, 0.15) is 37.3 Å². The largest absolute Gasteiger partial charge is 0.478 e. The molecule has 1 fully saturated rings. The van der Waals surface area contributed by atoms with Crippen LogP contribution in [0, 0.1) is 5.92 Å². The van der Waals surface area contributed by atoms with Crippen LogP contribution in [0.15, 0.2) is 30.3 Å². The number of hydrogen-bond donors (Lipinski definition) is 1. The lowest BCUT2D eigenvalue weighted by atomic mass is 10.0. The van der Waals surface area contributed by atoms with Gasteiger partial charge in [-0.15, -0.1) is 0 Å². The Hall–Kier alpha value is -2.10. The predicted molar refractivity (Wildman–Crippen MR) is 81.5 cm³/mol. The van der Waals surface area contributed by atoms with Crippen molar-refractivity contribution in [1.29, 1.82) is 0 Å². The third-order valence-corrected chi connectivity index (χ3v) is 3.81. The van der Waals surface area contributed by atoms with E-state index in [1.54, 1.807) is 6.08 Å². The molecule has 1 unspecified atom stereocenters. The second-order valence-corrected chi connectivity index (χ2v) is 5.50. The number of carboxylic acids is 1. The minimum absolute atomic E-state index is 0.200. The molecule has 1 atom stereocenters. The molecule has 4 nitrogen and oxygen atoms in total. The Morgan fingerprint density at radius 2 is 2.19 bits per heavy atom. The molecule has 4 heteroatoms. The molecule has 2 rings (SSSR count). The van der Waals surface area contributed by atoms with Gasteiger partial charge in [0, 0.05) is 25.6 Å². The third kappa shape index (κ3) is 4.18. The lowest BCUT2D eigenvalue weighted by molar-refractivity contribution is -0.131. The van der Waals surface area contributed by atoms with Crippen LogP contribution in [0.25, 0.3) is 6.08 Å². The van der Waals surface area contributed by atoms with Crippen molar-refractivity contribution in [3.63, 3.8) is 0 Å². The number of carboxylic acid groups (broad SMARTS) is 1. The van der Waals surface area contributed by atoms with Gasteiger partial charge >= 0.3 is 5.97 Å². The number of amides is 1. The zero-order valence-electron chi connectivity index (χ0n) is 12.3. The monoisotopic (exact) mass is 287 g/mol. The highest BCUT2D eigenvalue weighted by Crippen LogP contribution is 2.24. The maximum atomic E-state index is 12.1. The molecule has 1 heterocycles. The summed E-state index contributed by atoms with van der Waals surface area (Å²) in [7, 11) is 0. The fourth-order valence-corrected chi connectivity index (χ4v) is 2.82. The van der Waals surface area contributed by atoms with E-state index in [1.165, 1.54) is 0 Å². The number of hydrogen-bond acceptors (Lipinski definition) is 2. The van der Waals surface area contributed by atoms with Crippen LogP contribution in [-0.4, -0.2) is 28.4 Å². The first kappa shape index (κ1) is 15.3. The minimum atomic E-state index is -0.968. The van der Waals surface area contributed by atoms with E-state index >= 15 is 0 Å². The maximum Gasteiger partial charge on any atom is 0.328 e. The Balaban J connectivity index is 2.09. The van der Waals surface area contributed by atoms with E-state index in [2.05, 4.69) is 6.92 Å². The summed E-state index contributed by atoms with van der Waals surface area (Å²) in [5.41, 5.74) is 1.84. The molecule has 112 valence electrons. The summed E-state index contributed by atoms with van der Waals surface area (Å²) in [4.78, 5) is 24.6. The van der Waals surface area contributed by atoms with E-state index in [9.17, 15) is 9.59 Å². The molecule has 0 radical (unpaired) electrons. The van der Waals surface area contributed by atoms with Crippen molar-refractivity contribution < 1.29 is 14.7 Å². The van der Waals surface area contributed by atoms with Crippen LogP contribution in [-0.2, 0) is 16.1 Å². The fraction of sp³-hybridized carbons (Fsp3) is 0.412. The first-order valence-corrected chi connectivity index (χ1v) is 7.36. The van der Waals surface area contributed by atoms with Gasteiger partial charge in [0.1, 0.15) is 0 Å². The van der Waals surface area contributed by atoms with Gasteiger partial charge in [-0.05, 0) is 29.5 Å². The molecule has 1 aliphatic rings. The molecule has 1 aromatic rings.